The number of aliphatic hydroxyl groups is 1. The van der Waals surface area contributed by atoms with Crippen molar-refractivity contribution in [3.8, 4) is 0 Å². The van der Waals surface area contributed by atoms with Crippen molar-refractivity contribution >= 4 is 5.97 Å². The predicted octanol–water partition coefficient (Wildman–Crippen LogP) is 1.97. The van der Waals surface area contributed by atoms with Crippen molar-refractivity contribution in [2.75, 3.05) is 7.11 Å². The summed E-state index contributed by atoms with van der Waals surface area (Å²) < 4.78 is 4.56. The van der Waals surface area contributed by atoms with E-state index in [2.05, 4.69) is 4.74 Å². The minimum atomic E-state index is -0.362. The predicted molar refractivity (Wildman–Crippen MR) is 58.3 cm³/mol. The highest BCUT2D eigenvalue weighted by molar-refractivity contribution is 5.69. The van der Waals surface area contributed by atoms with E-state index in [9.17, 15) is 9.90 Å². The molecule has 3 heteroatoms. The molecule has 0 saturated heterocycles. The summed E-state index contributed by atoms with van der Waals surface area (Å²) in [4.78, 5) is 10.9. The highest BCUT2D eigenvalue weighted by Gasteiger charge is 2.12. The van der Waals surface area contributed by atoms with Crippen LogP contribution in [-0.2, 0) is 9.53 Å². The van der Waals surface area contributed by atoms with Gasteiger partial charge in [0.25, 0.3) is 0 Å². The molecule has 0 aromatic rings. The maximum Gasteiger partial charge on any atom is 0.305 e. The molecule has 0 heterocycles. The standard InChI is InChI=1S/C12H18O3/c1-9(13)11-7-6-10(8-11)4-3-5-12(14)15-2/h6-7,9,13H,3-5,8H2,1-2H3. The number of rotatable bonds is 5. The van der Waals surface area contributed by atoms with Crippen molar-refractivity contribution in [3.05, 3.63) is 23.3 Å². The van der Waals surface area contributed by atoms with Crippen LogP contribution in [0.2, 0.25) is 0 Å². The summed E-state index contributed by atoms with van der Waals surface area (Å²) in [6, 6.07) is 0. The van der Waals surface area contributed by atoms with E-state index < -0.39 is 0 Å². The Morgan fingerprint density at radius 3 is 2.87 bits per heavy atom. The van der Waals surface area contributed by atoms with Crippen LogP contribution >= 0.6 is 0 Å². The van der Waals surface area contributed by atoms with Crippen LogP contribution in [0.3, 0.4) is 0 Å². The van der Waals surface area contributed by atoms with Crippen molar-refractivity contribution in [2.45, 2.75) is 38.7 Å². The number of aliphatic hydroxyl groups excluding tert-OH is 1. The number of allylic oxidation sites excluding steroid dienone is 3. The molecule has 1 unspecified atom stereocenters. The van der Waals surface area contributed by atoms with E-state index in [0.717, 1.165) is 24.8 Å². The molecule has 15 heavy (non-hydrogen) atoms. The molecule has 0 radical (unpaired) electrons. The summed E-state index contributed by atoms with van der Waals surface area (Å²) in [7, 11) is 1.41. The van der Waals surface area contributed by atoms with Gasteiger partial charge in [-0.05, 0) is 31.8 Å². The molecule has 1 rings (SSSR count). The van der Waals surface area contributed by atoms with Crippen LogP contribution in [0.25, 0.3) is 0 Å². The number of hydrogen-bond acceptors (Lipinski definition) is 3. The Hall–Kier alpha value is -1.09. The Morgan fingerprint density at radius 2 is 2.33 bits per heavy atom. The van der Waals surface area contributed by atoms with E-state index in [4.69, 9.17) is 0 Å². The lowest BCUT2D eigenvalue weighted by atomic mass is 10.0. The summed E-state index contributed by atoms with van der Waals surface area (Å²) in [5.41, 5.74) is 2.35. The van der Waals surface area contributed by atoms with Gasteiger partial charge >= 0.3 is 5.97 Å². The lowest BCUT2D eigenvalue weighted by Crippen LogP contribution is -2.03. The third-order valence-electron chi connectivity index (χ3n) is 2.61. The zero-order valence-electron chi connectivity index (χ0n) is 9.32. The highest BCUT2D eigenvalue weighted by atomic mass is 16.5. The van der Waals surface area contributed by atoms with Gasteiger partial charge in [0.05, 0.1) is 13.2 Å². The molecule has 0 bridgehead atoms. The smallest absolute Gasteiger partial charge is 0.305 e. The number of carbonyl (C=O) groups excluding carboxylic acids is 1. The van der Waals surface area contributed by atoms with Crippen molar-refractivity contribution in [1.82, 2.24) is 0 Å². The Kier molecular flexibility index (Phi) is 4.56. The molecule has 3 nitrogen and oxygen atoms in total. The molecule has 0 fully saturated rings. The largest absolute Gasteiger partial charge is 0.469 e. The van der Waals surface area contributed by atoms with Gasteiger partial charge in [-0.1, -0.05) is 17.7 Å². The summed E-state index contributed by atoms with van der Waals surface area (Å²) in [6.45, 7) is 1.77. The van der Waals surface area contributed by atoms with E-state index in [1.165, 1.54) is 12.7 Å². The number of hydrogen-bond donors (Lipinski definition) is 1. The second-order valence-corrected chi connectivity index (χ2v) is 3.85. The average molecular weight is 210 g/mol. The molecule has 1 aliphatic carbocycles. The monoisotopic (exact) mass is 210 g/mol. The SMILES string of the molecule is COC(=O)CCCC1=CC=C(C(C)O)C1. The van der Waals surface area contributed by atoms with Crippen molar-refractivity contribution in [2.24, 2.45) is 0 Å². The second-order valence-electron chi connectivity index (χ2n) is 3.85. The molecule has 0 aliphatic heterocycles. The van der Waals surface area contributed by atoms with Crippen molar-refractivity contribution in [3.63, 3.8) is 0 Å². The minimum Gasteiger partial charge on any atom is -0.469 e. The fraction of sp³-hybridized carbons (Fsp3) is 0.583. The first-order valence-electron chi connectivity index (χ1n) is 5.27. The van der Waals surface area contributed by atoms with Crippen molar-refractivity contribution in [1.29, 1.82) is 0 Å². The van der Waals surface area contributed by atoms with Gasteiger partial charge in [0, 0.05) is 6.42 Å². The zero-order chi connectivity index (χ0) is 11.3. The van der Waals surface area contributed by atoms with Crippen LogP contribution in [0.15, 0.2) is 23.3 Å². The Labute approximate surface area is 90.4 Å². The van der Waals surface area contributed by atoms with Crippen LogP contribution in [0.1, 0.15) is 32.6 Å². The molecular formula is C12H18O3. The first-order chi connectivity index (χ1) is 7.13. The summed E-state index contributed by atoms with van der Waals surface area (Å²) in [6.07, 6.45) is 6.69. The van der Waals surface area contributed by atoms with Gasteiger partial charge in [-0.2, -0.15) is 0 Å². The first kappa shape index (κ1) is 12.0. The van der Waals surface area contributed by atoms with Crippen LogP contribution in [0.5, 0.6) is 0 Å². The molecule has 1 N–H and O–H groups in total. The lowest BCUT2D eigenvalue weighted by molar-refractivity contribution is -0.140. The van der Waals surface area contributed by atoms with Crippen LogP contribution in [0, 0.1) is 0 Å². The topological polar surface area (TPSA) is 46.5 Å². The van der Waals surface area contributed by atoms with Gasteiger partial charge in [-0.25, -0.2) is 0 Å². The van der Waals surface area contributed by atoms with Gasteiger partial charge in [0.2, 0.25) is 0 Å². The summed E-state index contributed by atoms with van der Waals surface area (Å²) in [5.74, 6) is -0.155. The van der Waals surface area contributed by atoms with E-state index in [-0.39, 0.29) is 12.1 Å². The Bertz CT molecular complexity index is 287. The zero-order valence-corrected chi connectivity index (χ0v) is 9.32. The van der Waals surface area contributed by atoms with Crippen LogP contribution < -0.4 is 0 Å². The maximum atomic E-state index is 10.9. The van der Waals surface area contributed by atoms with Gasteiger partial charge in [-0.15, -0.1) is 0 Å². The molecule has 1 aliphatic rings. The number of esters is 1. The first-order valence-corrected chi connectivity index (χ1v) is 5.27. The summed E-state index contributed by atoms with van der Waals surface area (Å²) >= 11 is 0. The van der Waals surface area contributed by atoms with Crippen molar-refractivity contribution < 1.29 is 14.6 Å². The Morgan fingerprint density at radius 1 is 1.60 bits per heavy atom. The third-order valence-corrected chi connectivity index (χ3v) is 2.61. The fourth-order valence-electron chi connectivity index (χ4n) is 1.63. The minimum absolute atomic E-state index is 0.155. The third kappa shape index (κ3) is 3.88. The van der Waals surface area contributed by atoms with E-state index in [0.29, 0.717) is 6.42 Å². The van der Waals surface area contributed by atoms with Gasteiger partial charge in [0.1, 0.15) is 0 Å². The van der Waals surface area contributed by atoms with Crippen LogP contribution in [-0.4, -0.2) is 24.3 Å². The quantitative estimate of drug-likeness (QED) is 0.706. The van der Waals surface area contributed by atoms with Gasteiger partial charge in [-0.3, -0.25) is 4.79 Å². The van der Waals surface area contributed by atoms with Gasteiger partial charge < -0.3 is 9.84 Å². The molecule has 1 atom stereocenters. The molecule has 0 spiro atoms. The number of carbonyl (C=O) groups is 1. The number of ether oxygens (including phenoxy) is 1. The molecule has 0 aromatic carbocycles. The fourth-order valence-corrected chi connectivity index (χ4v) is 1.63. The van der Waals surface area contributed by atoms with Gasteiger partial charge in [0.15, 0.2) is 0 Å². The second kappa shape index (κ2) is 5.71. The molecule has 0 aromatic heterocycles. The van der Waals surface area contributed by atoms with E-state index >= 15 is 0 Å². The lowest BCUT2D eigenvalue weighted by Gasteiger charge is -2.07. The highest BCUT2D eigenvalue weighted by Crippen LogP contribution is 2.25. The average Bonchev–Trinajstić information content (AvgIpc) is 2.66. The molecular weight excluding hydrogens is 192 g/mol. The molecule has 0 saturated carbocycles. The van der Waals surface area contributed by atoms with E-state index in [1.54, 1.807) is 6.92 Å². The molecule has 84 valence electrons. The normalized spacial score (nSPS) is 17.0. The summed E-state index contributed by atoms with van der Waals surface area (Å²) in [5, 5.41) is 9.35. The maximum absolute atomic E-state index is 10.9. The molecule has 0 amide bonds. The Balaban J connectivity index is 2.19. The van der Waals surface area contributed by atoms with E-state index in [1.807, 2.05) is 12.2 Å². The van der Waals surface area contributed by atoms with Crippen LogP contribution in [0.4, 0.5) is 0 Å². The number of methoxy groups -OCH3 is 1.